The van der Waals surface area contributed by atoms with E-state index in [1.54, 1.807) is 25.1 Å². The molecule has 23 heavy (non-hydrogen) atoms. The third-order valence-corrected chi connectivity index (χ3v) is 3.30. The zero-order valence-electron chi connectivity index (χ0n) is 14.0. The summed E-state index contributed by atoms with van der Waals surface area (Å²) in [6, 6.07) is 5.58. The predicted molar refractivity (Wildman–Crippen MR) is 91.9 cm³/mol. The van der Waals surface area contributed by atoms with Crippen LogP contribution < -0.4 is 9.64 Å². The Labute approximate surface area is 137 Å². The van der Waals surface area contributed by atoms with E-state index in [1.807, 2.05) is 12.1 Å². The third-order valence-electron chi connectivity index (χ3n) is 3.30. The zero-order chi connectivity index (χ0) is 17.2. The van der Waals surface area contributed by atoms with Gasteiger partial charge in [0.2, 0.25) is 6.29 Å². The quantitative estimate of drug-likeness (QED) is 0.406. The van der Waals surface area contributed by atoms with Crippen molar-refractivity contribution in [1.82, 2.24) is 0 Å². The first-order chi connectivity index (χ1) is 11.0. The van der Waals surface area contributed by atoms with Crippen molar-refractivity contribution in [2.75, 3.05) is 18.0 Å². The lowest BCUT2D eigenvalue weighted by atomic mass is 10.1. The van der Waals surface area contributed by atoms with Crippen molar-refractivity contribution in [2.24, 2.45) is 0 Å². The molecule has 1 unspecified atom stereocenters. The van der Waals surface area contributed by atoms with Gasteiger partial charge in [0, 0.05) is 37.3 Å². The minimum absolute atomic E-state index is 0.0942. The molecule has 1 aromatic rings. The van der Waals surface area contributed by atoms with Gasteiger partial charge in [-0.3, -0.25) is 4.79 Å². The molecule has 5 heteroatoms. The van der Waals surface area contributed by atoms with Gasteiger partial charge in [-0.25, -0.2) is 0 Å². The summed E-state index contributed by atoms with van der Waals surface area (Å²) >= 11 is 0. The van der Waals surface area contributed by atoms with Gasteiger partial charge in [0.05, 0.1) is 12.7 Å². The van der Waals surface area contributed by atoms with Crippen molar-refractivity contribution in [1.29, 1.82) is 0 Å². The average molecular weight is 319 g/mol. The van der Waals surface area contributed by atoms with E-state index < -0.39 is 12.3 Å². The first kappa shape index (κ1) is 18.6. The SMILES string of the molecule is C=C/C=C\OC(C)Oc1cc(N(CC)CC)ccc1CC(=O)O. The van der Waals surface area contributed by atoms with Crippen molar-refractivity contribution in [2.45, 2.75) is 33.5 Å². The number of benzene rings is 1. The highest BCUT2D eigenvalue weighted by Gasteiger charge is 2.14. The second kappa shape index (κ2) is 9.56. The maximum Gasteiger partial charge on any atom is 0.307 e. The van der Waals surface area contributed by atoms with Crippen LogP contribution in [-0.4, -0.2) is 30.5 Å². The summed E-state index contributed by atoms with van der Waals surface area (Å²) in [5, 5.41) is 9.05. The maximum absolute atomic E-state index is 11.0. The molecule has 5 nitrogen and oxygen atoms in total. The molecule has 0 saturated heterocycles. The smallest absolute Gasteiger partial charge is 0.307 e. The summed E-state index contributed by atoms with van der Waals surface area (Å²) < 4.78 is 11.1. The predicted octanol–water partition coefficient (Wildman–Crippen LogP) is 3.60. The normalized spacial score (nSPS) is 12.0. The van der Waals surface area contributed by atoms with Crippen LogP contribution in [0.4, 0.5) is 5.69 Å². The molecule has 0 radical (unpaired) electrons. The number of carboxylic acid groups (broad SMARTS) is 1. The molecule has 1 rings (SSSR count). The van der Waals surface area contributed by atoms with Crippen LogP contribution in [-0.2, 0) is 16.0 Å². The number of aliphatic carboxylic acids is 1. The van der Waals surface area contributed by atoms with Gasteiger partial charge in [-0.05, 0) is 26.0 Å². The lowest BCUT2D eigenvalue weighted by Crippen LogP contribution is -2.22. The average Bonchev–Trinajstić information content (AvgIpc) is 2.50. The highest BCUT2D eigenvalue weighted by atomic mass is 16.7. The van der Waals surface area contributed by atoms with E-state index in [0.717, 1.165) is 18.8 Å². The Hall–Kier alpha value is -2.43. The molecule has 1 atom stereocenters. The van der Waals surface area contributed by atoms with Crippen molar-refractivity contribution in [3.8, 4) is 5.75 Å². The summed E-state index contributed by atoms with van der Waals surface area (Å²) in [7, 11) is 0. The number of nitrogens with zero attached hydrogens (tertiary/aromatic N) is 1. The second-order valence-corrected chi connectivity index (χ2v) is 4.92. The molecule has 0 aliphatic rings. The molecule has 126 valence electrons. The summed E-state index contributed by atoms with van der Waals surface area (Å²) in [6.45, 7) is 11.2. The minimum atomic E-state index is -0.898. The Balaban J connectivity index is 3.02. The van der Waals surface area contributed by atoms with Gasteiger partial charge in [0.15, 0.2) is 0 Å². The molecule has 0 amide bonds. The van der Waals surface area contributed by atoms with E-state index >= 15 is 0 Å². The monoisotopic (exact) mass is 319 g/mol. The van der Waals surface area contributed by atoms with Gasteiger partial charge in [0.25, 0.3) is 0 Å². The number of carboxylic acids is 1. The molecule has 0 aliphatic heterocycles. The van der Waals surface area contributed by atoms with Crippen LogP contribution in [0.25, 0.3) is 0 Å². The fourth-order valence-electron chi connectivity index (χ4n) is 2.17. The molecule has 1 aromatic carbocycles. The number of rotatable bonds is 10. The fraction of sp³-hybridized carbons (Fsp3) is 0.389. The van der Waals surface area contributed by atoms with Gasteiger partial charge in [0.1, 0.15) is 5.75 Å². The third kappa shape index (κ3) is 6.06. The van der Waals surface area contributed by atoms with Crippen LogP contribution in [0.2, 0.25) is 0 Å². The first-order valence-electron chi connectivity index (χ1n) is 7.71. The van der Waals surface area contributed by atoms with Gasteiger partial charge >= 0.3 is 5.97 Å². The van der Waals surface area contributed by atoms with E-state index in [0.29, 0.717) is 11.3 Å². The van der Waals surface area contributed by atoms with E-state index in [9.17, 15) is 4.79 Å². The number of ether oxygens (including phenoxy) is 2. The van der Waals surface area contributed by atoms with Gasteiger partial charge in [-0.1, -0.05) is 18.7 Å². The van der Waals surface area contributed by atoms with Crippen LogP contribution in [0, 0.1) is 0 Å². The first-order valence-corrected chi connectivity index (χ1v) is 7.71. The molecule has 0 spiro atoms. The summed E-state index contributed by atoms with van der Waals surface area (Å²) in [4.78, 5) is 13.2. The molecule has 0 fully saturated rings. The Bertz CT molecular complexity index is 550. The van der Waals surface area contributed by atoms with Crippen LogP contribution in [0.1, 0.15) is 26.3 Å². The number of anilines is 1. The Morgan fingerprint density at radius 1 is 1.39 bits per heavy atom. The zero-order valence-corrected chi connectivity index (χ0v) is 14.0. The highest BCUT2D eigenvalue weighted by molar-refractivity contribution is 5.72. The molecule has 0 aromatic heterocycles. The Morgan fingerprint density at radius 3 is 2.65 bits per heavy atom. The van der Waals surface area contributed by atoms with Crippen molar-refractivity contribution < 1.29 is 19.4 Å². The molecule has 0 heterocycles. The number of hydrogen-bond acceptors (Lipinski definition) is 4. The number of allylic oxidation sites excluding steroid dienone is 2. The van der Waals surface area contributed by atoms with Crippen LogP contribution in [0.15, 0.2) is 43.2 Å². The fourth-order valence-corrected chi connectivity index (χ4v) is 2.17. The largest absolute Gasteiger partial charge is 0.481 e. The topological polar surface area (TPSA) is 59.0 Å². The highest BCUT2D eigenvalue weighted by Crippen LogP contribution is 2.27. The van der Waals surface area contributed by atoms with Crippen molar-refractivity contribution >= 4 is 11.7 Å². The lowest BCUT2D eigenvalue weighted by Gasteiger charge is -2.23. The molecule has 0 saturated carbocycles. The summed E-state index contributed by atoms with van der Waals surface area (Å²) in [5.41, 5.74) is 1.62. The van der Waals surface area contributed by atoms with E-state index in [4.69, 9.17) is 14.6 Å². The van der Waals surface area contributed by atoms with E-state index in [-0.39, 0.29) is 6.42 Å². The molecule has 0 aliphatic carbocycles. The molecular weight excluding hydrogens is 294 g/mol. The number of hydrogen-bond donors (Lipinski definition) is 1. The van der Waals surface area contributed by atoms with Crippen molar-refractivity contribution in [3.05, 3.63) is 48.8 Å². The van der Waals surface area contributed by atoms with Gasteiger partial charge < -0.3 is 19.5 Å². The van der Waals surface area contributed by atoms with Crippen molar-refractivity contribution in [3.63, 3.8) is 0 Å². The molecular formula is C18H25NO4. The Kier molecular flexibility index (Phi) is 7.74. The van der Waals surface area contributed by atoms with Crippen LogP contribution in [0.5, 0.6) is 5.75 Å². The molecule has 0 bridgehead atoms. The second-order valence-electron chi connectivity index (χ2n) is 4.92. The Morgan fingerprint density at radius 2 is 2.09 bits per heavy atom. The van der Waals surface area contributed by atoms with Crippen LogP contribution >= 0.6 is 0 Å². The standard InChI is InChI=1S/C18H25NO4/c1-5-8-11-22-14(4)23-17-13-16(19(6-2)7-3)10-9-15(17)12-18(20)21/h5,8-11,13-14H,1,6-7,12H2,2-4H3,(H,20,21)/b11-8-. The van der Waals surface area contributed by atoms with Crippen LogP contribution in [0.3, 0.4) is 0 Å². The summed E-state index contributed by atoms with van der Waals surface area (Å²) in [5.74, 6) is -0.373. The number of carbonyl (C=O) groups is 1. The van der Waals surface area contributed by atoms with Gasteiger partial charge in [-0.15, -0.1) is 0 Å². The maximum atomic E-state index is 11.0. The molecule has 1 N–H and O–H groups in total. The summed E-state index contributed by atoms with van der Waals surface area (Å²) in [6.07, 6.45) is 4.12. The minimum Gasteiger partial charge on any atom is -0.481 e. The lowest BCUT2D eigenvalue weighted by molar-refractivity contribution is -0.136. The van der Waals surface area contributed by atoms with E-state index in [1.165, 1.54) is 6.26 Å². The van der Waals surface area contributed by atoms with E-state index in [2.05, 4.69) is 25.3 Å². The van der Waals surface area contributed by atoms with Gasteiger partial charge in [-0.2, -0.15) is 0 Å².